The number of rotatable bonds is 3. The molecule has 6 heteroatoms. The van der Waals surface area contributed by atoms with Crippen molar-refractivity contribution in [3.8, 4) is 0 Å². The third-order valence-corrected chi connectivity index (χ3v) is 4.79. The maximum Gasteiger partial charge on any atom is 0.289 e. The molecule has 3 aromatic rings. The summed E-state index contributed by atoms with van der Waals surface area (Å²) in [7, 11) is 1.94. The Balaban J connectivity index is 1.51. The fourth-order valence-electron chi connectivity index (χ4n) is 3.42. The summed E-state index contributed by atoms with van der Waals surface area (Å²) in [4.78, 5) is 27.7. The van der Waals surface area contributed by atoms with Crippen molar-refractivity contribution in [3.05, 3.63) is 54.1 Å². The number of aromatic nitrogens is 1. The number of fused-ring (bicyclic) bond motifs is 1. The average molecular weight is 337 g/mol. The Morgan fingerprint density at radius 2 is 1.96 bits per heavy atom. The number of hydrogen-bond acceptors (Lipinski definition) is 4. The lowest BCUT2D eigenvalue weighted by Crippen LogP contribution is -2.48. The summed E-state index contributed by atoms with van der Waals surface area (Å²) in [5.74, 6) is 0.321. The fraction of sp³-hybridized carbons (Fsp3) is 0.263. The molecule has 0 radical (unpaired) electrons. The molecule has 3 heterocycles. The van der Waals surface area contributed by atoms with Crippen LogP contribution >= 0.6 is 0 Å². The maximum absolute atomic E-state index is 12.3. The molecule has 128 valence electrons. The third kappa shape index (κ3) is 2.69. The van der Waals surface area contributed by atoms with Crippen LogP contribution in [0.4, 0.5) is 5.69 Å². The van der Waals surface area contributed by atoms with Crippen molar-refractivity contribution in [2.45, 2.75) is 0 Å². The molecule has 0 bridgehead atoms. The molecule has 0 aliphatic carbocycles. The molecule has 6 nitrogen and oxygen atoms in total. The highest BCUT2D eigenvalue weighted by Gasteiger charge is 2.24. The van der Waals surface area contributed by atoms with Gasteiger partial charge in [-0.1, -0.05) is 0 Å². The predicted molar refractivity (Wildman–Crippen MR) is 95.1 cm³/mol. The summed E-state index contributed by atoms with van der Waals surface area (Å²) < 4.78 is 7.16. The highest BCUT2D eigenvalue weighted by molar-refractivity contribution is 5.99. The molecular formula is C19H19N3O3. The summed E-state index contributed by atoms with van der Waals surface area (Å²) >= 11 is 0. The van der Waals surface area contributed by atoms with E-state index in [1.54, 1.807) is 12.1 Å². The van der Waals surface area contributed by atoms with Crippen LogP contribution in [0.1, 0.15) is 20.9 Å². The first-order chi connectivity index (χ1) is 12.2. The first kappa shape index (κ1) is 15.5. The molecule has 4 rings (SSSR count). The van der Waals surface area contributed by atoms with Gasteiger partial charge < -0.3 is 18.8 Å². The van der Waals surface area contributed by atoms with Crippen molar-refractivity contribution in [1.82, 2.24) is 9.47 Å². The van der Waals surface area contributed by atoms with Gasteiger partial charge in [0.2, 0.25) is 0 Å². The Labute approximate surface area is 145 Å². The Hall–Kier alpha value is -3.02. The topological polar surface area (TPSA) is 58.7 Å². The predicted octanol–water partition coefficient (Wildman–Crippen LogP) is 2.55. The van der Waals surface area contributed by atoms with E-state index in [1.165, 1.54) is 6.26 Å². The van der Waals surface area contributed by atoms with Crippen LogP contribution in [0.2, 0.25) is 0 Å². The minimum atomic E-state index is -0.0635. The molecule has 1 aromatic carbocycles. The van der Waals surface area contributed by atoms with Gasteiger partial charge in [-0.2, -0.15) is 0 Å². The summed E-state index contributed by atoms with van der Waals surface area (Å²) in [5.41, 5.74) is 2.82. The monoisotopic (exact) mass is 337 g/mol. The quantitative estimate of drug-likeness (QED) is 0.689. The van der Waals surface area contributed by atoms with Crippen LogP contribution < -0.4 is 4.90 Å². The zero-order valence-corrected chi connectivity index (χ0v) is 14.0. The number of anilines is 1. The van der Waals surface area contributed by atoms with E-state index in [1.807, 2.05) is 28.8 Å². The number of nitrogens with zero attached hydrogens (tertiary/aromatic N) is 3. The Bertz CT molecular complexity index is 919. The van der Waals surface area contributed by atoms with Gasteiger partial charge in [-0.15, -0.1) is 0 Å². The second kappa shape index (κ2) is 6.12. The summed E-state index contributed by atoms with van der Waals surface area (Å²) in [6.45, 7) is 2.79. The number of piperazine rings is 1. The number of amides is 1. The summed E-state index contributed by atoms with van der Waals surface area (Å²) in [6.07, 6.45) is 4.26. The van der Waals surface area contributed by atoms with Crippen LogP contribution in [0, 0.1) is 0 Å². The third-order valence-electron chi connectivity index (χ3n) is 4.79. The smallest absolute Gasteiger partial charge is 0.289 e. The van der Waals surface area contributed by atoms with Gasteiger partial charge in [0.1, 0.15) is 0 Å². The van der Waals surface area contributed by atoms with E-state index in [9.17, 15) is 9.59 Å². The summed E-state index contributed by atoms with van der Waals surface area (Å²) in [6, 6.07) is 9.59. The number of furan rings is 1. The van der Waals surface area contributed by atoms with E-state index in [2.05, 4.69) is 17.0 Å². The first-order valence-corrected chi connectivity index (χ1v) is 8.29. The highest BCUT2D eigenvalue weighted by Crippen LogP contribution is 2.26. The molecule has 0 spiro atoms. The lowest BCUT2D eigenvalue weighted by atomic mass is 10.1. The zero-order valence-electron chi connectivity index (χ0n) is 14.0. The van der Waals surface area contributed by atoms with Gasteiger partial charge in [0, 0.05) is 61.6 Å². The van der Waals surface area contributed by atoms with Crippen LogP contribution in [0.5, 0.6) is 0 Å². The van der Waals surface area contributed by atoms with Gasteiger partial charge in [-0.25, -0.2) is 0 Å². The maximum atomic E-state index is 12.3. The van der Waals surface area contributed by atoms with Crippen molar-refractivity contribution >= 4 is 28.8 Å². The largest absolute Gasteiger partial charge is 0.459 e. The Kier molecular flexibility index (Phi) is 3.80. The first-order valence-electron chi connectivity index (χ1n) is 8.29. The molecule has 0 atom stereocenters. The fourth-order valence-corrected chi connectivity index (χ4v) is 3.42. The SMILES string of the molecule is Cn1cc(C=O)c2cc(N3CCN(C(=O)c4ccco4)CC3)ccc21. The zero-order chi connectivity index (χ0) is 17.4. The molecule has 0 saturated carbocycles. The van der Waals surface area contributed by atoms with Crippen LogP contribution in [0.3, 0.4) is 0 Å². The Morgan fingerprint density at radius 1 is 1.16 bits per heavy atom. The normalized spacial score (nSPS) is 14.9. The highest BCUT2D eigenvalue weighted by atomic mass is 16.3. The lowest BCUT2D eigenvalue weighted by Gasteiger charge is -2.35. The van der Waals surface area contributed by atoms with Crippen molar-refractivity contribution < 1.29 is 14.0 Å². The molecule has 0 N–H and O–H groups in total. The molecule has 25 heavy (non-hydrogen) atoms. The van der Waals surface area contributed by atoms with E-state index in [0.717, 1.165) is 36.0 Å². The Morgan fingerprint density at radius 3 is 2.64 bits per heavy atom. The van der Waals surface area contributed by atoms with Gasteiger partial charge >= 0.3 is 0 Å². The molecule has 1 aliphatic rings. The van der Waals surface area contributed by atoms with E-state index >= 15 is 0 Å². The van der Waals surface area contributed by atoms with Crippen molar-refractivity contribution in [3.63, 3.8) is 0 Å². The second-order valence-corrected chi connectivity index (χ2v) is 6.27. The molecule has 1 saturated heterocycles. The molecule has 0 unspecified atom stereocenters. The van der Waals surface area contributed by atoms with Crippen LogP contribution in [-0.4, -0.2) is 47.8 Å². The van der Waals surface area contributed by atoms with Crippen molar-refractivity contribution in [1.29, 1.82) is 0 Å². The van der Waals surface area contributed by atoms with Gasteiger partial charge in [0.15, 0.2) is 12.0 Å². The summed E-state index contributed by atoms with van der Waals surface area (Å²) in [5, 5.41) is 0.962. The number of benzene rings is 1. The number of hydrogen-bond donors (Lipinski definition) is 0. The number of carbonyl (C=O) groups excluding carboxylic acids is 2. The van der Waals surface area contributed by atoms with E-state index < -0.39 is 0 Å². The molecule has 2 aromatic heterocycles. The molecular weight excluding hydrogens is 318 g/mol. The van der Waals surface area contributed by atoms with Gasteiger partial charge in [-0.3, -0.25) is 9.59 Å². The standard InChI is InChI=1S/C19H19N3O3/c1-20-12-14(13-23)16-11-15(4-5-17(16)20)21-6-8-22(9-7-21)19(24)18-3-2-10-25-18/h2-5,10-13H,6-9H2,1H3. The number of aryl methyl sites for hydroxylation is 1. The second-order valence-electron chi connectivity index (χ2n) is 6.27. The van der Waals surface area contributed by atoms with E-state index in [0.29, 0.717) is 24.4 Å². The van der Waals surface area contributed by atoms with Crippen LogP contribution in [-0.2, 0) is 7.05 Å². The van der Waals surface area contributed by atoms with Crippen LogP contribution in [0.25, 0.3) is 10.9 Å². The minimum Gasteiger partial charge on any atom is -0.459 e. The average Bonchev–Trinajstić information content (AvgIpc) is 3.29. The van der Waals surface area contributed by atoms with E-state index in [-0.39, 0.29) is 5.91 Å². The number of carbonyl (C=O) groups is 2. The van der Waals surface area contributed by atoms with E-state index in [4.69, 9.17) is 4.42 Å². The van der Waals surface area contributed by atoms with Gasteiger partial charge in [0.05, 0.1) is 6.26 Å². The number of aldehydes is 1. The molecule has 1 amide bonds. The van der Waals surface area contributed by atoms with Crippen molar-refractivity contribution in [2.75, 3.05) is 31.1 Å². The molecule has 1 fully saturated rings. The van der Waals surface area contributed by atoms with Gasteiger partial charge in [0.25, 0.3) is 5.91 Å². The van der Waals surface area contributed by atoms with Crippen molar-refractivity contribution in [2.24, 2.45) is 7.05 Å². The van der Waals surface area contributed by atoms with Crippen LogP contribution in [0.15, 0.2) is 47.2 Å². The molecule has 1 aliphatic heterocycles. The minimum absolute atomic E-state index is 0.0635. The van der Waals surface area contributed by atoms with Gasteiger partial charge in [-0.05, 0) is 30.3 Å². The lowest BCUT2D eigenvalue weighted by molar-refractivity contribution is 0.0714.